The number of hydrogen-bond donors (Lipinski definition) is 2. The van der Waals surface area contributed by atoms with Gasteiger partial charge in [0.2, 0.25) is 0 Å². The number of carbonyl (C=O) groups is 2. The van der Waals surface area contributed by atoms with E-state index in [1.165, 1.54) is 12.2 Å². The van der Waals surface area contributed by atoms with E-state index >= 15 is 0 Å². The first-order valence-corrected chi connectivity index (χ1v) is 9.79. The van der Waals surface area contributed by atoms with Gasteiger partial charge in [0.1, 0.15) is 0 Å². The van der Waals surface area contributed by atoms with E-state index in [2.05, 4.69) is 0 Å². The van der Waals surface area contributed by atoms with Crippen molar-refractivity contribution in [2.75, 3.05) is 0 Å². The first-order valence-electron chi connectivity index (χ1n) is 9.79. The summed E-state index contributed by atoms with van der Waals surface area (Å²) >= 11 is 0. The highest BCUT2D eigenvalue weighted by molar-refractivity contribution is 5.88. The van der Waals surface area contributed by atoms with Crippen molar-refractivity contribution in [1.82, 2.24) is 9.97 Å². The number of carboxylic acids is 2. The van der Waals surface area contributed by atoms with Gasteiger partial charge in [-0.3, -0.25) is 0 Å². The van der Waals surface area contributed by atoms with Gasteiger partial charge in [-0.15, -0.1) is 0 Å². The van der Waals surface area contributed by atoms with Gasteiger partial charge in [0.15, 0.2) is 0 Å². The molecule has 0 bridgehead atoms. The van der Waals surface area contributed by atoms with E-state index in [1.54, 1.807) is 0 Å². The molecule has 1 aromatic heterocycles. The number of rotatable bonds is 6. The molecule has 0 saturated carbocycles. The predicted octanol–water partition coefficient (Wildman–Crippen LogP) is 5.16. The number of benzene rings is 3. The Morgan fingerprint density at radius 1 is 0.594 bits per heavy atom. The Kier molecular flexibility index (Phi) is 5.85. The second-order valence-corrected chi connectivity index (χ2v) is 7.00. The Morgan fingerprint density at radius 3 is 1.31 bits per heavy atom. The molecule has 0 fully saturated rings. The monoisotopic (exact) mass is 422 g/mol. The summed E-state index contributed by atoms with van der Waals surface area (Å²) in [4.78, 5) is 31.2. The molecule has 0 aliphatic heterocycles. The molecule has 0 atom stereocenters. The summed E-state index contributed by atoms with van der Waals surface area (Å²) in [6, 6.07) is 22.5. The van der Waals surface area contributed by atoms with E-state index in [0.29, 0.717) is 11.4 Å². The normalized spacial score (nSPS) is 11.4. The van der Waals surface area contributed by atoms with Gasteiger partial charge >= 0.3 is 11.9 Å². The molecule has 0 amide bonds. The van der Waals surface area contributed by atoms with Gasteiger partial charge in [-0.2, -0.15) is 0 Å². The highest BCUT2D eigenvalue weighted by Crippen LogP contribution is 2.31. The maximum atomic E-state index is 10.7. The van der Waals surface area contributed by atoms with Gasteiger partial charge in [-0.25, -0.2) is 19.6 Å². The van der Waals surface area contributed by atoms with Gasteiger partial charge in [0, 0.05) is 23.3 Å². The molecule has 4 aromatic rings. The number of aliphatic carboxylic acids is 2. The van der Waals surface area contributed by atoms with Crippen LogP contribution in [0.4, 0.5) is 0 Å². The van der Waals surface area contributed by atoms with Crippen molar-refractivity contribution in [3.05, 3.63) is 96.1 Å². The molecule has 2 N–H and O–H groups in total. The van der Waals surface area contributed by atoms with Crippen LogP contribution >= 0.6 is 0 Å². The zero-order chi connectivity index (χ0) is 22.5. The first-order chi connectivity index (χ1) is 15.5. The fourth-order valence-corrected chi connectivity index (χ4v) is 3.24. The average Bonchev–Trinajstić information content (AvgIpc) is 2.81. The van der Waals surface area contributed by atoms with Crippen molar-refractivity contribution < 1.29 is 19.8 Å². The van der Waals surface area contributed by atoms with Crippen LogP contribution in [0.2, 0.25) is 0 Å². The second kappa shape index (κ2) is 9.06. The van der Waals surface area contributed by atoms with Gasteiger partial charge in [0.05, 0.1) is 22.4 Å². The lowest BCUT2D eigenvalue weighted by Gasteiger charge is -2.11. The molecular formula is C26H18N2O4. The molecule has 3 aromatic carbocycles. The average molecular weight is 422 g/mol. The summed E-state index contributed by atoms with van der Waals surface area (Å²) in [5.41, 5.74) is 6.16. The Hall–Kier alpha value is -4.58. The van der Waals surface area contributed by atoms with Crippen LogP contribution in [0.25, 0.3) is 45.7 Å². The van der Waals surface area contributed by atoms with Crippen molar-refractivity contribution in [2.45, 2.75) is 0 Å². The van der Waals surface area contributed by atoms with Crippen LogP contribution in [0.1, 0.15) is 11.1 Å². The zero-order valence-electron chi connectivity index (χ0n) is 16.8. The fraction of sp³-hybridized carbons (Fsp3) is 0. The molecule has 0 aliphatic rings. The summed E-state index contributed by atoms with van der Waals surface area (Å²) < 4.78 is 0. The van der Waals surface area contributed by atoms with Gasteiger partial charge in [0.25, 0.3) is 0 Å². The highest BCUT2D eigenvalue weighted by Gasteiger charge is 2.13. The largest absolute Gasteiger partial charge is 0.478 e. The van der Waals surface area contributed by atoms with Crippen LogP contribution in [-0.4, -0.2) is 32.1 Å². The molecule has 0 spiro atoms. The summed E-state index contributed by atoms with van der Waals surface area (Å²) in [6.07, 6.45) is 5.25. The molecule has 0 aliphatic carbocycles. The van der Waals surface area contributed by atoms with Crippen LogP contribution in [0.5, 0.6) is 0 Å². The van der Waals surface area contributed by atoms with Crippen LogP contribution in [-0.2, 0) is 9.59 Å². The van der Waals surface area contributed by atoms with Crippen LogP contribution in [0, 0.1) is 0 Å². The minimum absolute atomic E-state index is 0.700. The molecule has 6 heteroatoms. The number of para-hydroxylation sites is 2. The van der Waals surface area contributed by atoms with Crippen molar-refractivity contribution >= 4 is 35.1 Å². The maximum Gasteiger partial charge on any atom is 0.328 e. The molecule has 156 valence electrons. The number of aromatic nitrogens is 2. The van der Waals surface area contributed by atoms with Gasteiger partial charge in [-0.05, 0) is 35.4 Å². The quantitative estimate of drug-likeness (QED) is 0.416. The maximum absolute atomic E-state index is 10.7. The third-order valence-corrected chi connectivity index (χ3v) is 4.78. The fourth-order valence-electron chi connectivity index (χ4n) is 3.24. The summed E-state index contributed by atoms with van der Waals surface area (Å²) in [5, 5.41) is 17.6. The molecule has 32 heavy (non-hydrogen) atoms. The van der Waals surface area contributed by atoms with E-state index in [1.807, 2.05) is 72.8 Å². The van der Waals surface area contributed by atoms with Gasteiger partial charge in [-0.1, -0.05) is 60.7 Å². The molecular weight excluding hydrogens is 404 g/mol. The summed E-state index contributed by atoms with van der Waals surface area (Å²) in [6.45, 7) is 0. The standard InChI is InChI=1S/C26H18N2O4/c29-23(30)15-9-17-5-11-19(12-6-17)25-26(28-22-4-2-1-3-21(22)27-25)20-13-7-18(8-14-20)10-16-24(31)32/h1-16H,(H,29,30)(H,31,32)/b15-9+,16-10+. The number of hydrogen-bond acceptors (Lipinski definition) is 4. The third kappa shape index (κ3) is 4.76. The van der Waals surface area contributed by atoms with Crippen LogP contribution in [0.3, 0.4) is 0 Å². The molecule has 4 rings (SSSR count). The van der Waals surface area contributed by atoms with Crippen LogP contribution < -0.4 is 0 Å². The highest BCUT2D eigenvalue weighted by atomic mass is 16.4. The summed E-state index contributed by atoms with van der Waals surface area (Å²) in [5.74, 6) is -2.00. The van der Waals surface area contributed by atoms with E-state index < -0.39 is 11.9 Å². The first kappa shape index (κ1) is 20.7. The van der Waals surface area contributed by atoms with E-state index in [0.717, 1.165) is 45.4 Å². The lowest BCUT2D eigenvalue weighted by molar-refractivity contribution is -0.132. The number of nitrogens with zero attached hydrogens (tertiary/aromatic N) is 2. The molecule has 6 nitrogen and oxygen atoms in total. The minimum Gasteiger partial charge on any atom is -0.478 e. The van der Waals surface area contributed by atoms with E-state index in [4.69, 9.17) is 20.2 Å². The molecule has 0 radical (unpaired) electrons. The molecule has 1 heterocycles. The van der Waals surface area contributed by atoms with E-state index in [-0.39, 0.29) is 0 Å². The van der Waals surface area contributed by atoms with Crippen molar-refractivity contribution in [1.29, 1.82) is 0 Å². The predicted molar refractivity (Wildman–Crippen MR) is 124 cm³/mol. The molecule has 0 unspecified atom stereocenters. The van der Waals surface area contributed by atoms with Gasteiger partial charge < -0.3 is 10.2 Å². The Balaban J connectivity index is 1.79. The Bertz CT molecular complexity index is 1250. The minimum atomic E-state index is -1.00. The third-order valence-electron chi connectivity index (χ3n) is 4.78. The zero-order valence-corrected chi connectivity index (χ0v) is 16.8. The Morgan fingerprint density at radius 2 is 0.969 bits per heavy atom. The second-order valence-electron chi connectivity index (χ2n) is 7.00. The lowest BCUT2D eigenvalue weighted by Crippen LogP contribution is -1.95. The molecule has 0 saturated heterocycles. The summed E-state index contributed by atoms with van der Waals surface area (Å²) in [7, 11) is 0. The topological polar surface area (TPSA) is 100 Å². The van der Waals surface area contributed by atoms with Crippen LogP contribution in [0.15, 0.2) is 84.9 Å². The smallest absolute Gasteiger partial charge is 0.328 e. The number of fused-ring (bicyclic) bond motifs is 1. The van der Waals surface area contributed by atoms with Crippen molar-refractivity contribution in [3.63, 3.8) is 0 Å². The Labute approximate surface area is 183 Å². The van der Waals surface area contributed by atoms with Crippen molar-refractivity contribution in [3.8, 4) is 22.5 Å². The number of carboxylic acid groups (broad SMARTS) is 2. The van der Waals surface area contributed by atoms with E-state index in [9.17, 15) is 9.59 Å². The lowest BCUT2D eigenvalue weighted by atomic mass is 10.0. The SMILES string of the molecule is O=C(O)/C=C/c1ccc(-c2nc3ccccc3nc2-c2ccc(/C=C/C(=O)O)cc2)cc1. The van der Waals surface area contributed by atoms with Crippen molar-refractivity contribution in [2.24, 2.45) is 0 Å².